The van der Waals surface area contributed by atoms with Crippen LogP contribution in [0.2, 0.25) is 0 Å². The molecule has 1 aliphatic carbocycles. The first-order chi connectivity index (χ1) is 12.9. The average molecular weight is 388 g/mol. The highest BCUT2D eigenvalue weighted by atomic mass is 32.1. The molecule has 3 atom stereocenters. The molecule has 0 aromatic carbocycles. The highest BCUT2D eigenvalue weighted by Gasteiger charge is 2.39. The van der Waals surface area contributed by atoms with Gasteiger partial charge in [-0.3, -0.25) is 9.48 Å². The first kappa shape index (κ1) is 18.6. The normalized spacial score (nSPS) is 25.3. The third-order valence-electron chi connectivity index (χ3n) is 6.20. The Kier molecular flexibility index (Phi) is 5.07. The molecular weight excluding hydrogens is 358 g/mol. The molecule has 2 aromatic rings. The lowest BCUT2D eigenvalue weighted by Gasteiger charge is -2.25. The van der Waals surface area contributed by atoms with Crippen LogP contribution in [0.15, 0.2) is 6.20 Å². The van der Waals surface area contributed by atoms with Gasteiger partial charge >= 0.3 is 0 Å². The maximum atomic E-state index is 12.3. The molecule has 4 rings (SSSR count). The van der Waals surface area contributed by atoms with E-state index < -0.39 is 0 Å². The summed E-state index contributed by atoms with van der Waals surface area (Å²) in [4.78, 5) is 20.5. The zero-order valence-corrected chi connectivity index (χ0v) is 17.5. The molecule has 146 valence electrons. The molecule has 6 nitrogen and oxygen atoms in total. The van der Waals surface area contributed by atoms with Crippen LogP contribution in [0.5, 0.6) is 0 Å². The maximum Gasteiger partial charge on any atom is 0.223 e. The predicted octanol–water partition coefficient (Wildman–Crippen LogP) is 2.62. The quantitative estimate of drug-likeness (QED) is 0.857. The van der Waals surface area contributed by atoms with Gasteiger partial charge in [0.05, 0.1) is 17.9 Å². The summed E-state index contributed by atoms with van der Waals surface area (Å²) in [7, 11) is 3.86. The minimum atomic E-state index is 0.101. The third kappa shape index (κ3) is 3.55. The van der Waals surface area contributed by atoms with Crippen LogP contribution in [-0.2, 0) is 31.2 Å². The number of aromatic nitrogens is 3. The number of carbonyl (C=O) groups is 1. The fourth-order valence-corrected chi connectivity index (χ4v) is 5.68. The number of rotatable bonds is 5. The monoisotopic (exact) mass is 387 g/mol. The Labute approximate surface area is 165 Å². The average Bonchev–Trinajstić information content (AvgIpc) is 3.26. The lowest BCUT2D eigenvalue weighted by atomic mass is 9.93. The van der Waals surface area contributed by atoms with Gasteiger partial charge in [-0.15, -0.1) is 11.3 Å². The van der Waals surface area contributed by atoms with Crippen LogP contribution in [0.3, 0.4) is 0 Å². The van der Waals surface area contributed by atoms with Gasteiger partial charge in [0.2, 0.25) is 5.91 Å². The minimum absolute atomic E-state index is 0.101. The van der Waals surface area contributed by atoms with E-state index in [1.807, 2.05) is 41.2 Å². The van der Waals surface area contributed by atoms with Crippen molar-refractivity contribution in [3.8, 4) is 0 Å². The lowest BCUT2D eigenvalue weighted by Crippen LogP contribution is -2.29. The van der Waals surface area contributed by atoms with Crippen molar-refractivity contribution in [3.63, 3.8) is 0 Å². The molecule has 0 saturated carbocycles. The Morgan fingerprint density at radius 3 is 2.89 bits per heavy atom. The Balaban J connectivity index is 1.41. The molecular formula is C20H29N5OS. The first-order valence-electron chi connectivity index (χ1n) is 9.86. The van der Waals surface area contributed by atoms with E-state index in [1.54, 1.807) is 0 Å². The molecule has 1 fully saturated rings. The van der Waals surface area contributed by atoms with Gasteiger partial charge in [0.25, 0.3) is 0 Å². The van der Waals surface area contributed by atoms with Crippen LogP contribution in [-0.4, -0.2) is 39.2 Å². The molecule has 2 aromatic heterocycles. The van der Waals surface area contributed by atoms with E-state index >= 15 is 0 Å². The number of nitrogens with zero attached hydrogens (tertiary/aromatic N) is 4. The molecule has 0 radical (unpaired) electrons. The number of likely N-dealkylation sites (tertiary alicyclic amines) is 1. The highest BCUT2D eigenvalue weighted by molar-refractivity contribution is 7.11. The van der Waals surface area contributed by atoms with Gasteiger partial charge in [-0.25, -0.2) is 4.98 Å². The van der Waals surface area contributed by atoms with Crippen molar-refractivity contribution in [3.05, 3.63) is 33.0 Å². The number of thiazole rings is 1. The molecule has 3 heterocycles. The fraction of sp³-hybridized carbons (Fsp3) is 0.650. The topological polar surface area (TPSA) is 63.1 Å². The van der Waals surface area contributed by atoms with Gasteiger partial charge in [-0.2, -0.15) is 5.10 Å². The van der Waals surface area contributed by atoms with E-state index in [0.29, 0.717) is 6.42 Å². The summed E-state index contributed by atoms with van der Waals surface area (Å²) in [6.07, 6.45) is 6.06. The molecule has 0 spiro atoms. The molecule has 1 N–H and O–H groups in total. The number of fused-ring (bicyclic) bond motifs is 1. The Morgan fingerprint density at radius 2 is 2.15 bits per heavy atom. The SMILES string of the molecule is Cc1c([C@H]2[C@H](CNCc3nc4c(s3)C[C@@H](C)CC4)CC(=O)N2C)cnn1C. The van der Waals surface area contributed by atoms with E-state index in [0.717, 1.165) is 36.7 Å². The molecule has 0 bridgehead atoms. The van der Waals surface area contributed by atoms with Crippen LogP contribution < -0.4 is 5.32 Å². The van der Waals surface area contributed by atoms with Crippen molar-refractivity contribution < 1.29 is 4.79 Å². The summed E-state index contributed by atoms with van der Waals surface area (Å²) in [5, 5.41) is 9.13. The van der Waals surface area contributed by atoms with E-state index in [2.05, 4.69) is 24.3 Å². The second kappa shape index (κ2) is 7.36. The maximum absolute atomic E-state index is 12.3. The van der Waals surface area contributed by atoms with Crippen molar-refractivity contribution in [2.24, 2.45) is 18.9 Å². The number of hydrogen-bond acceptors (Lipinski definition) is 5. The van der Waals surface area contributed by atoms with Crippen LogP contribution in [0.1, 0.15) is 52.6 Å². The number of aryl methyl sites for hydroxylation is 2. The smallest absolute Gasteiger partial charge is 0.223 e. The minimum Gasteiger partial charge on any atom is -0.338 e. The zero-order valence-electron chi connectivity index (χ0n) is 16.7. The van der Waals surface area contributed by atoms with Crippen LogP contribution in [0.25, 0.3) is 0 Å². The second-order valence-electron chi connectivity index (χ2n) is 8.18. The first-order valence-corrected chi connectivity index (χ1v) is 10.7. The van der Waals surface area contributed by atoms with Gasteiger partial charge in [0.15, 0.2) is 0 Å². The van der Waals surface area contributed by atoms with Gasteiger partial charge in [-0.05, 0) is 32.1 Å². The van der Waals surface area contributed by atoms with Crippen molar-refractivity contribution in [2.45, 2.75) is 52.1 Å². The molecule has 7 heteroatoms. The second-order valence-corrected chi connectivity index (χ2v) is 9.35. The number of nitrogens with one attached hydrogen (secondary N) is 1. The molecule has 27 heavy (non-hydrogen) atoms. The number of amides is 1. The fourth-order valence-electron chi connectivity index (χ4n) is 4.44. The molecule has 1 aliphatic heterocycles. The molecule has 1 amide bonds. The predicted molar refractivity (Wildman–Crippen MR) is 107 cm³/mol. The Bertz CT molecular complexity index is 842. The Morgan fingerprint density at radius 1 is 1.33 bits per heavy atom. The van der Waals surface area contributed by atoms with E-state index in [9.17, 15) is 4.79 Å². The van der Waals surface area contributed by atoms with Crippen molar-refractivity contribution in [1.82, 2.24) is 25.0 Å². The van der Waals surface area contributed by atoms with E-state index in [1.165, 1.54) is 28.4 Å². The van der Waals surface area contributed by atoms with Crippen LogP contribution in [0, 0.1) is 18.8 Å². The summed E-state index contributed by atoms with van der Waals surface area (Å²) in [6, 6.07) is 0.101. The van der Waals surface area contributed by atoms with Crippen molar-refractivity contribution >= 4 is 17.2 Å². The molecule has 2 aliphatic rings. The molecule has 1 saturated heterocycles. The van der Waals surface area contributed by atoms with Crippen molar-refractivity contribution in [2.75, 3.05) is 13.6 Å². The van der Waals surface area contributed by atoms with Crippen LogP contribution >= 0.6 is 11.3 Å². The zero-order chi connectivity index (χ0) is 19.1. The number of hydrogen-bond donors (Lipinski definition) is 1. The van der Waals surface area contributed by atoms with E-state index in [4.69, 9.17) is 4.98 Å². The highest BCUT2D eigenvalue weighted by Crippen LogP contribution is 2.38. The van der Waals surface area contributed by atoms with Gasteiger partial charge in [0.1, 0.15) is 5.01 Å². The summed E-state index contributed by atoms with van der Waals surface area (Å²) in [5.41, 5.74) is 3.61. The summed E-state index contributed by atoms with van der Waals surface area (Å²) >= 11 is 1.86. The summed E-state index contributed by atoms with van der Waals surface area (Å²) < 4.78 is 1.89. The van der Waals surface area contributed by atoms with Gasteiger partial charge in [-0.1, -0.05) is 6.92 Å². The third-order valence-corrected chi connectivity index (χ3v) is 7.32. The number of carbonyl (C=O) groups excluding carboxylic acids is 1. The van der Waals surface area contributed by atoms with Gasteiger partial charge < -0.3 is 10.2 Å². The van der Waals surface area contributed by atoms with Gasteiger partial charge in [0, 0.05) is 55.7 Å². The summed E-state index contributed by atoms with van der Waals surface area (Å²) in [5.74, 6) is 1.26. The van der Waals surface area contributed by atoms with Crippen LogP contribution in [0.4, 0.5) is 0 Å². The Hall–Kier alpha value is -1.73. The largest absolute Gasteiger partial charge is 0.338 e. The van der Waals surface area contributed by atoms with E-state index in [-0.39, 0.29) is 17.9 Å². The lowest BCUT2D eigenvalue weighted by molar-refractivity contribution is -0.127. The standard InChI is InChI=1S/C20H29N5OS/c1-12-5-6-16-17(7-12)27-18(23-16)11-21-9-14-8-19(26)24(3)20(14)15-10-22-25(4)13(15)2/h10,12,14,20-21H,5-9,11H2,1-4H3/t12-,14-,20+/m0/s1. The summed E-state index contributed by atoms with van der Waals surface area (Å²) in [6.45, 7) is 6.01. The molecule has 0 unspecified atom stereocenters. The van der Waals surface area contributed by atoms with Crippen molar-refractivity contribution in [1.29, 1.82) is 0 Å².